The molecule has 0 aromatic rings. The highest BCUT2D eigenvalue weighted by molar-refractivity contribution is 5.85. The highest BCUT2D eigenvalue weighted by atomic mass is 35.5. The van der Waals surface area contributed by atoms with Crippen molar-refractivity contribution in [2.45, 2.75) is 58.1 Å². The summed E-state index contributed by atoms with van der Waals surface area (Å²) in [7, 11) is 0. The Morgan fingerprint density at radius 3 is 2.50 bits per heavy atom. The Kier molecular flexibility index (Phi) is 7.61. The lowest BCUT2D eigenvalue weighted by Gasteiger charge is -2.28. The van der Waals surface area contributed by atoms with Crippen LogP contribution in [0.4, 0.5) is 0 Å². The second kappa shape index (κ2) is 7.49. The molecule has 0 spiro atoms. The summed E-state index contributed by atoms with van der Waals surface area (Å²) in [6.45, 7) is 5.34. The summed E-state index contributed by atoms with van der Waals surface area (Å²) in [6, 6.07) is 0.293. The first kappa shape index (κ1) is 14.2. The number of hydrogen-bond donors (Lipinski definition) is 1. The highest BCUT2D eigenvalue weighted by Crippen LogP contribution is 2.20. The van der Waals surface area contributed by atoms with Crippen molar-refractivity contribution in [2.75, 3.05) is 6.61 Å². The van der Waals surface area contributed by atoms with E-state index in [9.17, 15) is 0 Å². The third-order valence-electron chi connectivity index (χ3n) is 2.78. The molecule has 3 heteroatoms. The second-order valence-corrected chi connectivity index (χ2v) is 4.54. The first-order valence-corrected chi connectivity index (χ1v) is 5.57. The molecule has 1 saturated carbocycles. The van der Waals surface area contributed by atoms with Gasteiger partial charge in [-0.1, -0.05) is 26.7 Å². The molecule has 0 saturated heterocycles. The van der Waals surface area contributed by atoms with Gasteiger partial charge in [-0.15, -0.1) is 12.4 Å². The Morgan fingerprint density at radius 2 is 1.93 bits per heavy atom. The highest BCUT2D eigenvalue weighted by Gasteiger charge is 2.21. The van der Waals surface area contributed by atoms with E-state index in [1.54, 1.807) is 0 Å². The van der Waals surface area contributed by atoms with E-state index in [4.69, 9.17) is 10.5 Å². The Balaban J connectivity index is 0.00000169. The summed E-state index contributed by atoms with van der Waals surface area (Å²) in [5.41, 5.74) is 5.97. The van der Waals surface area contributed by atoms with Gasteiger partial charge in [-0.05, 0) is 25.2 Å². The molecule has 14 heavy (non-hydrogen) atoms. The van der Waals surface area contributed by atoms with Crippen LogP contribution in [-0.2, 0) is 4.74 Å². The van der Waals surface area contributed by atoms with Crippen molar-refractivity contribution in [3.05, 3.63) is 0 Å². The number of rotatable bonds is 4. The lowest BCUT2D eigenvalue weighted by atomic mass is 9.93. The van der Waals surface area contributed by atoms with E-state index < -0.39 is 0 Å². The lowest BCUT2D eigenvalue weighted by molar-refractivity contribution is 0.0102. The minimum atomic E-state index is 0. The van der Waals surface area contributed by atoms with E-state index in [2.05, 4.69) is 13.8 Å². The molecule has 1 aliphatic carbocycles. The van der Waals surface area contributed by atoms with Crippen LogP contribution in [0.15, 0.2) is 0 Å². The molecule has 2 nitrogen and oxygen atoms in total. The minimum absolute atomic E-state index is 0. The molecule has 0 heterocycles. The van der Waals surface area contributed by atoms with Gasteiger partial charge < -0.3 is 10.5 Å². The minimum Gasteiger partial charge on any atom is -0.377 e. The molecular formula is C11H24ClNO. The molecule has 0 aromatic carbocycles. The van der Waals surface area contributed by atoms with Gasteiger partial charge in [0.2, 0.25) is 0 Å². The second-order valence-electron chi connectivity index (χ2n) is 4.54. The molecular weight excluding hydrogens is 198 g/mol. The maximum Gasteiger partial charge on any atom is 0.0725 e. The van der Waals surface area contributed by atoms with Crippen molar-refractivity contribution in [2.24, 2.45) is 11.7 Å². The summed E-state index contributed by atoms with van der Waals surface area (Å²) in [5.74, 6) is 0.736. The molecule has 0 amide bonds. The topological polar surface area (TPSA) is 35.2 Å². The molecule has 0 aliphatic heterocycles. The molecule has 0 radical (unpaired) electrons. The van der Waals surface area contributed by atoms with E-state index in [-0.39, 0.29) is 12.4 Å². The van der Waals surface area contributed by atoms with E-state index >= 15 is 0 Å². The van der Waals surface area contributed by atoms with Crippen LogP contribution in [0, 0.1) is 5.92 Å². The van der Waals surface area contributed by atoms with E-state index in [1.165, 1.54) is 19.3 Å². The quantitative estimate of drug-likeness (QED) is 0.793. The van der Waals surface area contributed by atoms with Crippen molar-refractivity contribution in [1.29, 1.82) is 0 Å². The van der Waals surface area contributed by atoms with Crippen LogP contribution >= 0.6 is 12.4 Å². The first-order chi connectivity index (χ1) is 6.20. The van der Waals surface area contributed by atoms with Crippen LogP contribution in [-0.4, -0.2) is 18.8 Å². The molecule has 2 N–H and O–H groups in total. The zero-order valence-electron chi connectivity index (χ0n) is 9.37. The van der Waals surface area contributed by atoms with Crippen molar-refractivity contribution in [3.63, 3.8) is 0 Å². The maximum atomic E-state index is 5.97. The first-order valence-electron chi connectivity index (χ1n) is 5.57. The van der Waals surface area contributed by atoms with Gasteiger partial charge in [0.15, 0.2) is 0 Å². The van der Waals surface area contributed by atoms with Crippen molar-refractivity contribution >= 4 is 12.4 Å². The summed E-state index contributed by atoms with van der Waals surface area (Å²) in [4.78, 5) is 0. The van der Waals surface area contributed by atoms with Crippen LogP contribution in [0.1, 0.15) is 46.0 Å². The SMILES string of the molecule is CC(C)CCO[C@@H]1CCCC[C@H]1N.Cl. The van der Waals surface area contributed by atoms with Crippen molar-refractivity contribution < 1.29 is 4.74 Å². The van der Waals surface area contributed by atoms with Crippen LogP contribution in [0.2, 0.25) is 0 Å². The van der Waals surface area contributed by atoms with E-state index in [0.717, 1.165) is 25.4 Å². The largest absolute Gasteiger partial charge is 0.377 e. The Labute approximate surface area is 94.0 Å². The normalized spacial score (nSPS) is 27.4. The fourth-order valence-electron chi connectivity index (χ4n) is 1.79. The lowest BCUT2D eigenvalue weighted by Crippen LogP contribution is -2.39. The van der Waals surface area contributed by atoms with Gasteiger partial charge in [0.05, 0.1) is 6.10 Å². The average Bonchev–Trinajstić information content (AvgIpc) is 2.08. The van der Waals surface area contributed by atoms with Crippen LogP contribution in [0.3, 0.4) is 0 Å². The Bertz CT molecular complexity index is 141. The number of halogens is 1. The number of hydrogen-bond acceptors (Lipinski definition) is 2. The van der Waals surface area contributed by atoms with Gasteiger partial charge in [0.1, 0.15) is 0 Å². The summed E-state index contributed by atoms with van der Waals surface area (Å²) in [5, 5.41) is 0. The van der Waals surface area contributed by atoms with Gasteiger partial charge in [-0.2, -0.15) is 0 Å². The summed E-state index contributed by atoms with van der Waals surface area (Å²) < 4.78 is 5.78. The number of nitrogens with two attached hydrogens (primary N) is 1. The van der Waals surface area contributed by atoms with E-state index in [0.29, 0.717) is 12.1 Å². The van der Waals surface area contributed by atoms with Gasteiger partial charge in [0.25, 0.3) is 0 Å². The average molecular weight is 222 g/mol. The van der Waals surface area contributed by atoms with Gasteiger partial charge in [0, 0.05) is 12.6 Å². The molecule has 0 bridgehead atoms. The molecule has 0 unspecified atom stereocenters. The van der Waals surface area contributed by atoms with Crippen LogP contribution < -0.4 is 5.73 Å². The monoisotopic (exact) mass is 221 g/mol. The standard InChI is InChI=1S/C11H23NO.ClH/c1-9(2)7-8-13-11-6-4-3-5-10(11)12;/h9-11H,3-8,12H2,1-2H3;1H/t10-,11-;/m1./s1. The fraction of sp³-hybridized carbons (Fsp3) is 1.00. The van der Waals surface area contributed by atoms with Crippen LogP contribution in [0.25, 0.3) is 0 Å². The van der Waals surface area contributed by atoms with Gasteiger partial charge in [-0.3, -0.25) is 0 Å². The summed E-state index contributed by atoms with van der Waals surface area (Å²) in [6.07, 6.45) is 6.38. The zero-order valence-corrected chi connectivity index (χ0v) is 10.2. The van der Waals surface area contributed by atoms with Crippen molar-refractivity contribution in [3.8, 4) is 0 Å². The molecule has 2 atom stereocenters. The smallest absolute Gasteiger partial charge is 0.0725 e. The summed E-state index contributed by atoms with van der Waals surface area (Å²) >= 11 is 0. The predicted octanol–water partition coefficient (Wildman–Crippen LogP) is 2.74. The van der Waals surface area contributed by atoms with E-state index in [1.807, 2.05) is 0 Å². The molecule has 1 fully saturated rings. The van der Waals surface area contributed by atoms with Crippen molar-refractivity contribution in [1.82, 2.24) is 0 Å². The maximum absolute atomic E-state index is 5.97. The third kappa shape index (κ3) is 5.18. The molecule has 1 aliphatic rings. The van der Waals surface area contributed by atoms with Gasteiger partial charge >= 0.3 is 0 Å². The molecule has 1 rings (SSSR count). The Hall–Kier alpha value is 0.210. The third-order valence-corrected chi connectivity index (χ3v) is 2.78. The van der Waals surface area contributed by atoms with Crippen LogP contribution in [0.5, 0.6) is 0 Å². The Morgan fingerprint density at radius 1 is 1.29 bits per heavy atom. The number of ether oxygens (including phenoxy) is 1. The van der Waals surface area contributed by atoms with Gasteiger partial charge in [-0.25, -0.2) is 0 Å². The predicted molar refractivity (Wildman–Crippen MR) is 62.9 cm³/mol. The molecule has 86 valence electrons. The zero-order chi connectivity index (χ0) is 9.68. The molecule has 0 aromatic heterocycles. The fourth-order valence-corrected chi connectivity index (χ4v) is 1.79.